The summed E-state index contributed by atoms with van der Waals surface area (Å²) in [6, 6.07) is 0. The Kier molecular flexibility index (Phi) is 1.19. The van der Waals surface area contributed by atoms with Crippen LogP contribution in [0.2, 0.25) is 0 Å². The molecule has 2 rings (SSSR count). The molecule has 1 heterocycles. The van der Waals surface area contributed by atoms with Crippen molar-refractivity contribution in [3.8, 4) is 0 Å². The summed E-state index contributed by atoms with van der Waals surface area (Å²) in [5.41, 5.74) is -0.642. The van der Waals surface area contributed by atoms with Gasteiger partial charge in [-0.2, -0.15) is 0 Å². The fourth-order valence-electron chi connectivity index (χ4n) is 1.76. The maximum absolute atomic E-state index is 11.1. The zero-order valence-electron chi connectivity index (χ0n) is 6.05. The second-order valence-corrected chi connectivity index (χ2v) is 3.09. The van der Waals surface area contributed by atoms with Crippen molar-refractivity contribution >= 4 is 12.1 Å². The average molecular weight is 155 g/mol. The van der Waals surface area contributed by atoms with Gasteiger partial charge >= 0.3 is 12.1 Å². The molecule has 0 aromatic heterocycles. The van der Waals surface area contributed by atoms with Gasteiger partial charge < -0.3 is 10.1 Å². The molecule has 0 aromatic rings. The van der Waals surface area contributed by atoms with E-state index in [-0.39, 0.29) is 5.97 Å². The van der Waals surface area contributed by atoms with Crippen LogP contribution in [0.5, 0.6) is 0 Å². The summed E-state index contributed by atoms with van der Waals surface area (Å²) in [5, 5.41) is 2.57. The van der Waals surface area contributed by atoms with Crippen LogP contribution in [0, 0.1) is 0 Å². The van der Waals surface area contributed by atoms with Gasteiger partial charge in [-0.3, -0.25) is 0 Å². The SMILES string of the molecule is O=C1NC2(CCCC2)C(=O)O1. The highest BCUT2D eigenvalue weighted by Gasteiger charge is 2.50. The number of cyclic esters (lactones) is 2. The van der Waals surface area contributed by atoms with Crippen molar-refractivity contribution in [1.82, 2.24) is 5.32 Å². The van der Waals surface area contributed by atoms with Crippen LogP contribution in [0.25, 0.3) is 0 Å². The van der Waals surface area contributed by atoms with E-state index in [1.54, 1.807) is 0 Å². The van der Waals surface area contributed by atoms with E-state index < -0.39 is 11.6 Å². The van der Waals surface area contributed by atoms with Crippen molar-refractivity contribution in [1.29, 1.82) is 0 Å². The molecule has 0 atom stereocenters. The number of carbonyl (C=O) groups excluding carboxylic acids is 2. The number of rotatable bonds is 0. The van der Waals surface area contributed by atoms with Crippen molar-refractivity contribution in [2.45, 2.75) is 31.2 Å². The predicted molar refractivity (Wildman–Crippen MR) is 35.8 cm³/mol. The molecule has 1 saturated heterocycles. The second-order valence-electron chi connectivity index (χ2n) is 3.09. The lowest BCUT2D eigenvalue weighted by molar-refractivity contribution is -0.139. The minimum atomic E-state index is -0.642. The molecular formula is C7H9NO3. The number of carbonyl (C=O) groups is 2. The Morgan fingerprint density at radius 1 is 1.27 bits per heavy atom. The van der Waals surface area contributed by atoms with Crippen molar-refractivity contribution < 1.29 is 14.3 Å². The van der Waals surface area contributed by atoms with E-state index in [1.165, 1.54) is 0 Å². The molecule has 1 N–H and O–H groups in total. The standard InChI is InChI=1S/C7H9NO3/c9-5-7(3-1-2-4-7)8-6(10)11-5/h1-4H2,(H,8,10). The van der Waals surface area contributed by atoms with Gasteiger partial charge in [-0.05, 0) is 12.8 Å². The smallest absolute Gasteiger partial charge is 0.374 e. The number of amides is 1. The van der Waals surface area contributed by atoms with Crippen molar-refractivity contribution in [2.24, 2.45) is 0 Å². The molecule has 0 bridgehead atoms. The van der Waals surface area contributed by atoms with Gasteiger partial charge in [0.15, 0.2) is 0 Å². The first-order valence-corrected chi connectivity index (χ1v) is 3.77. The summed E-state index contributed by atoms with van der Waals surface area (Å²) in [6.45, 7) is 0. The van der Waals surface area contributed by atoms with Gasteiger partial charge in [0.25, 0.3) is 0 Å². The van der Waals surface area contributed by atoms with Gasteiger partial charge in [0.2, 0.25) is 0 Å². The van der Waals surface area contributed by atoms with Crippen LogP contribution in [0.1, 0.15) is 25.7 Å². The minimum Gasteiger partial charge on any atom is -0.374 e. The highest BCUT2D eigenvalue weighted by molar-refractivity contribution is 5.98. The first kappa shape index (κ1) is 6.64. The molecule has 2 aliphatic rings. The van der Waals surface area contributed by atoms with E-state index in [2.05, 4.69) is 10.1 Å². The molecule has 1 aliphatic carbocycles. The molecule has 4 nitrogen and oxygen atoms in total. The number of ether oxygens (including phenoxy) is 1. The number of esters is 1. The summed E-state index contributed by atoms with van der Waals surface area (Å²) in [5.74, 6) is -0.389. The average Bonchev–Trinajstić information content (AvgIpc) is 2.45. The van der Waals surface area contributed by atoms with Crippen LogP contribution >= 0.6 is 0 Å². The Morgan fingerprint density at radius 3 is 2.36 bits per heavy atom. The Morgan fingerprint density at radius 2 is 1.91 bits per heavy atom. The molecule has 11 heavy (non-hydrogen) atoms. The lowest BCUT2D eigenvalue weighted by Crippen LogP contribution is -2.43. The molecule has 1 amide bonds. The number of hydrogen-bond acceptors (Lipinski definition) is 3. The number of nitrogens with one attached hydrogen (secondary N) is 1. The van der Waals surface area contributed by atoms with E-state index in [4.69, 9.17) is 0 Å². The highest BCUT2D eigenvalue weighted by atomic mass is 16.6. The van der Waals surface area contributed by atoms with Gasteiger partial charge in [0.1, 0.15) is 5.54 Å². The fraction of sp³-hybridized carbons (Fsp3) is 0.714. The summed E-state index contributed by atoms with van der Waals surface area (Å²) >= 11 is 0. The molecule has 0 radical (unpaired) electrons. The van der Waals surface area contributed by atoms with Crippen LogP contribution in [-0.2, 0) is 9.53 Å². The first-order chi connectivity index (χ1) is 5.23. The predicted octanol–water partition coefficient (Wildman–Crippen LogP) is 0.566. The van der Waals surface area contributed by atoms with E-state index in [1.807, 2.05) is 0 Å². The van der Waals surface area contributed by atoms with Gasteiger partial charge in [0.05, 0.1) is 0 Å². The monoisotopic (exact) mass is 155 g/mol. The molecule has 0 aromatic carbocycles. The summed E-state index contributed by atoms with van der Waals surface area (Å²) in [7, 11) is 0. The molecule has 2 fully saturated rings. The van der Waals surface area contributed by atoms with E-state index in [0.29, 0.717) is 0 Å². The lowest BCUT2D eigenvalue weighted by atomic mass is 9.99. The van der Waals surface area contributed by atoms with Gasteiger partial charge in [-0.25, -0.2) is 9.59 Å². The topological polar surface area (TPSA) is 55.4 Å². The first-order valence-electron chi connectivity index (χ1n) is 3.77. The molecule has 60 valence electrons. The molecule has 1 aliphatic heterocycles. The zero-order valence-corrected chi connectivity index (χ0v) is 6.05. The normalized spacial score (nSPS) is 27.3. The summed E-state index contributed by atoms with van der Waals surface area (Å²) < 4.78 is 4.41. The van der Waals surface area contributed by atoms with Crippen LogP contribution in [0.3, 0.4) is 0 Å². The molecule has 1 saturated carbocycles. The van der Waals surface area contributed by atoms with Crippen LogP contribution in [0.4, 0.5) is 4.79 Å². The van der Waals surface area contributed by atoms with E-state index in [0.717, 1.165) is 25.7 Å². The maximum Gasteiger partial charge on any atom is 0.415 e. The van der Waals surface area contributed by atoms with Crippen LogP contribution in [-0.4, -0.2) is 17.6 Å². The Labute approximate surface area is 63.9 Å². The number of hydrogen-bond donors (Lipinski definition) is 1. The van der Waals surface area contributed by atoms with Crippen molar-refractivity contribution in [3.63, 3.8) is 0 Å². The lowest BCUT2D eigenvalue weighted by Gasteiger charge is -2.15. The highest BCUT2D eigenvalue weighted by Crippen LogP contribution is 2.33. The van der Waals surface area contributed by atoms with E-state index >= 15 is 0 Å². The number of alkyl carbamates (subject to hydrolysis) is 1. The minimum absolute atomic E-state index is 0.389. The summed E-state index contributed by atoms with van der Waals surface area (Å²) in [4.78, 5) is 21.8. The van der Waals surface area contributed by atoms with Crippen LogP contribution in [0.15, 0.2) is 0 Å². The van der Waals surface area contributed by atoms with Gasteiger partial charge in [0, 0.05) is 0 Å². The summed E-state index contributed by atoms with van der Waals surface area (Å²) in [6.07, 6.45) is 2.87. The third-order valence-corrected chi connectivity index (χ3v) is 2.37. The third kappa shape index (κ3) is 0.818. The third-order valence-electron chi connectivity index (χ3n) is 2.37. The van der Waals surface area contributed by atoms with Crippen molar-refractivity contribution in [2.75, 3.05) is 0 Å². The molecule has 4 heteroatoms. The largest absolute Gasteiger partial charge is 0.415 e. The van der Waals surface area contributed by atoms with Crippen molar-refractivity contribution in [3.05, 3.63) is 0 Å². The fourth-order valence-corrected chi connectivity index (χ4v) is 1.76. The Bertz CT molecular complexity index is 218. The van der Waals surface area contributed by atoms with Gasteiger partial charge in [-0.1, -0.05) is 12.8 Å². The molecular weight excluding hydrogens is 146 g/mol. The van der Waals surface area contributed by atoms with E-state index in [9.17, 15) is 9.59 Å². The Hall–Kier alpha value is -1.06. The van der Waals surface area contributed by atoms with Gasteiger partial charge in [-0.15, -0.1) is 0 Å². The Balaban J connectivity index is 2.24. The molecule has 1 spiro atoms. The van der Waals surface area contributed by atoms with Crippen LogP contribution < -0.4 is 5.32 Å². The molecule has 0 unspecified atom stereocenters. The zero-order chi connectivity index (χ0) is 7.90. The second kappa shape index (κ2) is 1.96. The maximum atomic E-state index is 11.1. The quantitative estimate of drug-likeness (QED) is 0.411.